The van der Waals surface area contributed by atoms with Crippen molar-refractivity contribution < 1.29 is 84.3 Å². The predicted octanol–water partition coefficient (Wildman–Crippen LogP) is -3.61. The third kappa shape index (κ3) is 21.4. The quantitative estimate of drug-likeness (QED) is 0.0471. The molecule has 27 heteroatoms. The fourth-order valence-electron chi connectivity index (χ4n) is 10.1. The summed E-state index contributed by atoms with van der Waals surface area (Å²) in [6.45, 7) is 5.60. The van der Waals surface area contributed by atoms with E-state index in [1.807, 2.05) is 0 Å². The van der Waals surface area contributed by atoms with Gasteiger partial charge in [0.1, 0.15) is 60.4 Å². The van der Waals surface area contributed by atoms with Crippen molar-refractivity contribution in [3.63, 3.8) is 0 Å². The zero-order valence-electron chi connectivity index (χ0n) is 46.5. The molecule has 3 saturated heterocycles. The Labute approximate surface area is 467 Å². The second-order valence-corrected chi connectivity index (χ2v) is 21.3. The molecule has 27 nitrogen and oxygen atoms in total. The second kappa shape index (κ2) is 34.6. The van der Waals surface area contributed by atoms with Crippen molar-refractivity contribution in [3.05, 3.63) is 29.8 Å². The van der Waals surface area contributed by atoms with Crippen LogP contribution in [0.15, 0.2) is 24.3 Å². The van der Waals surface area contributed by atoms with E-state index in [1.54, 1.807) is 0 Å². The molecule has 454 valence electrons. The summed E-state index contributed by atoms with van der Waals surface area (Å²) in [5.41, 5.74) is 11.5. The van der Waals surface area contributed by atoms with Crippen LogP contribution in [0.25, 0.3) is 0 Å². The summed E-state index contributed by atoms with van der Waals surface area (Å²) in [5.74, 6) is -7.25. The largest absolute Gasteiger partial charge is 0.508 e. The Morgan fingerprint density at radius 3 is 1.99 bits per heavy atom. The fraction of sp³-hybridized carbons (Fsp3) is 0.736. The number of aromatic hydroxyl groups is 1. The number of amides is 7. The molecule has 4 rings (SSSR count). The maximum absolute atomic E-state index is 14.6. The summed E-state index contributed by atoms with van der Waals surface area (Å²) >= 11 is 0. The zero-order valence-corrected chi connectivity index (χ0v) is 46.5. The molecule has 3 heterocycles. The van der Waals surface area contributed by atoms with Gasteiger partial charge in [0, 0.05) is 52.4 Å². The maximum atomic E-state index is 14.6. The first-order valence-corrected chi connectivity index (χ1v) is 27.8. The van der Waals surface area contributed by atoms with E-state index in [9.17, 15) is 74.4 Å². The van der Waals surface area contributed by atoms with Crippen LogP contribution in [0.5, 0.6) is 5.75 Å². The number of hydrogen-bond acceptors (Lipinski definition) is 19. The Hall–Kier alpha value is -5.62. The van der Waals surface area contributed by atoms with Gasteiger partial charge in [-0.05, 0) is 61.8 Å². The average Bonchev–Trinajstić information content (AvgIpc) is 4.02. The van der Waals surface area contributed by atoms with E-state index < -0.39 is 152 Å². The number of phenolic OH excluding ortho intramolecular Hbond substituents is 1. The van der Waals surface area contributed by atoms with Crippen molar-refractivity contribution in [2.75, 3.05) is 39.3 Å². The number of carboxylic acid groups (broad SMARTS) is 1. The number of nitrogens with two attached hydrogens (primary N) is 2. The number of aliphatic carboxylic acids is 1. The van der Waals surface area contributed by atoms with E-state index in [1.165, 1.54) is 30.7 Å². The number of nitrogens with one attached hydrogen (secondary N) is 6. The highest BCUT2D eigenvalue weighted by Crippen LogP contribution is 2.26. The van der Waals surface area contributed by atoms with Crippen molar-refractivity contribution in [3.8, 4) is 5.75 Å². The number of aliphatic hydroxyl groups is 7. The minimum atomic E-state index is -2.27. The van der Waals surface area contributed by atoms with Crippen LogP contribution in [0.3, 0.4) is 0 Å². The first-order chi connectivity index (χ1) is 37.9. The number of hydrogen-bond donors (Lipinski definition) is 17. The highest BCUT2D eigenvalue weighted by molar-refractivity contribution is 5.98. The van der Waals surface area contributed by atoms with Crippen LogP contribution in [-0.2, 0) is 38.4 Å². The lowest BCUT2D eigenvalue weighted by Gasteiger charge is -2.35. The molecule has 0 spiro atoms. The number of carbonyl (C=O) groups excluding carboxylic acids is 7. The normalized spacial score (nSPS) is 27.3. The van der Waals surface area contributed by atoms with Gasteiger partial charge in [0.2, 0.25) is 41.4 Å². The summed E-state index contributed by atoms with van der Waals surface area (Å²) in [4.78, 5) is 110. The molecule has 80 heavy (non-hydrogen) atoms. The second-order valence-electron chi connectivity index (χ2n) is 21.3. The minimum Gasteiger partial charge on any atom is -0.508 e. The van der Waals surface area contributed by atoms with Crippen molar-refractivity contribution >= 4 is 47.3 Å². The number of unbranched alkanes of at least 4 members (excludes halogenated alkanes) is 5. The lowest BCUT2D eigenvalue weighted by atomic mass is 9.91. The molecular weight excluding hydrogens is 1050 g/mol. The van der Waals surface area contributed by atoms with Crippen LogP contribution in [0, 0.1) is 11.8 Å². The molecule has 0 aliphatic carbocycles. The van der Waals surface area contributed by atoms with Gasteiger partial charge >= 0.3 is 0 Å². The first kappa shape index (κ1) is 68.7. The minimum absolute atomic E-state index is 0.0222. The Kier molecular flexibility index (Phi) is 29.7. The molecule has 1 aromatic carbocycles. The van der Waals surface area contributed by atoms with E-state index in [4.69, 9.17) is 21.4 Å². The molecule has 7 amide bonds. The van der Waals surface area contributed by atoms with Gasteiger partial charge < -0.3 is 93.8 Å². The number of fused-ring (bicyclic) bond motifs is 2. The highest BCUT2D eigenvalue weighted by atomic mass is 16.4. The maximum Gasteiger partial charge on any atom is 0.300 e. The molecule has 0 saturated carbocycles. The van der Waals surface area contributed by atoms with Crippen LogP contribution in [0.2, 0.25) is 0 Å². The topological polar surface area (TPSA) is 449 Å². The number of benzene rings is 1. The van der Waals surface area contributed by atoms with E-state index in [-0.39, 0.29) is 56.8 Å². The van der Waals surface area contributed by atoms with Gasteiger partial charge in [-0.3, -0.25) is 43.7 Å². The number of rotatable bonds is 23. The van der Waals surface area contributed by atoms with Crippen molar-refractivity contribution in [2.24, 2.45) is 23.3 Å². The van der Waals surface area contributed by atoms with Crippen LogP contribution in [-0.4, -0.2) is 215 Å². The molecule has 0 unspecified atom stereocenters. The monoisotopic (exact) mass is 1140 g/mol. The number of nitrogens with zero attached hydrogens (tertiary/aromatic N) is 2. The van der Waals surface area contributed by atoms with Crippen LogP contribution in [0.1, 0.15) is 129 Å². The van der Waals surface area contributed by atoms with E-state index >= 15 is 0 Å². The van der Waals surface area contributed by atoms with Gasteiger partial charge in [-0.1, -0.05) is 77.8 Å². The fourth-order valence-corrected chi connectivity index (χ4v) is 10.1. The summed E-state index contributed by atoms with van der Waals surface area (Å²) in [6, 6.07) is -6.33. The van der Waals surface area contributed by atoms with Crippen molar-refractivity contribution in [1.82, 2.24) is 41.7 Å². The van der Waals surface area contributed by atoms with Gasteiger partial charge in [-0.25, -0.2) is 0 Å². The summed E-state index contributed by atoms with van der Waals surface area (Å²) in [5, 5.41) is 111. The van der Waals surface area contributed by atoms with Crippen molar-refractivity contribution in [2.45, 2.75) is 197 Å². The average molecular weight is 1140 g/mol. The summed E-state index contributed by atoms with van der Waals surface area (Å²) < 4.78 is 0. The SMILES string of the molecule is CC(=O)O.CC[C@H](C)C[C@H](C)CCCCCCCCC(=O)N[C@H]1C[C@@H](O)[C@@H](NCCN)NC(=O)[C@@H]2[C@@H](O)CCN2C(=O)[C@H]([C@H](O)CCN)NC(=O)[C@H]([C@H](O)[C@@H](O)c2ccc(O)cc2)NC(=O)[C@@H]2C[C@@H](O)CN2C(=O)[C@H](CO)NC1=O. The first-order valence-electron chi connectivity index (χ1n) is 27.8. The zero-order chi connectivity index (χ0) is 59.8. The van der Waals surface area contributed by atoms with E-state index in [0.29, 0.717) is 24.7 Å². The third-order valence-electron chi connectivity index (χ3n) is 14.6. The molecule has 19 N–H and O–H groups in total. The molecule has 0 bridgehead atoms. The molecule has 0 aromatic heterocycles. The number of aliphatic hydroxyl groups excluding tert-OH is 7. The van der Waals surface area contributed by atoms with E-state index in [0.717, 1.165) is 55.2 Å². The lowest BCUT2D eigenvalue weighted by molar-refractivity contribution is -0.148. The molecule has 3 aliphatic heterocycles. The van der Waals surface area contributed by atoms with E-state index in [2.05, 4.69) is 52.7 Å². The molecular formula is C53H90N10O17. The van der Waals surface area contributed by atoms with Crippen LogP contribution >= 0.6 is 0 Å². The van der Waals surface area contributed by atoms with Gasteiger partial charge in [-0.15, -0.1) is 0 Å². The Morgan fingerprint density at radius 1 is 0.750 bits per heavy atom. The van der Waals surface area contributed by atoms with Gasteiger partial charge in [0.15, 0.2) is 0 Å². The third-order valence-corrected chi connectivity index (χ3v) is 14.6. The predicted molar refractivity (Wildman–Crippen MR) is 289 cm³/mol. The number of phenols is 1. The summed E-state index contributed by atoms with van der Waals surface area (Å²) in [6.07, 6.45) is -5.18. The lowest BCUT2D eigenvalue weighted by Crippen LogP contribution is -2.65. The van der Waals surface area contributed by atoms with Gasteiger partial charge in [-0.2, -0.15) is 0 Å². The number of carbonyl (C=O) groups is 8. The Balaban J connectivity index is 0.00000406. The molecule has 15 atom stereocenters. The number of carboxylic acids is 1. The Morgan fingerprint density at radius 2 is 1.38 bits per heavy atom. The standard InChI is InChI=1S/C51H86N10O15.C2H4O2/c1-4-28(2)23-29(3)11-9-7-5-6-8-10-12-39(68)55-33-25-38(67)45(54-21-20-53)59-49(74)42-37(66)18-22-60(42)51(76)40(36(65)17-19-52)57-48(73)41(44(70)43(69)30-13-15-31(63)16-14-30)58-47(72)35-24-32(64)26-61(35)50(75)34(27-62)56-46(33)71;1-2(3)4/h13-16,28-29,32-38,40-45,54,62-67,69-70H,4-12,17-27,52-53H2,1-3H3,(H,55,68)(H,56,71)(H,57,73)(H,58,72)(H,59,74);1H3,(H,3,4)/t28-,29+,32+,33-,34-,35-,36+,37-,38+,40-,41-,42-,43-,44-,45-;/m0./s1. The van der Waals surface area contributed by atoms with Crippen molar-refractivity contribution in [1.29, 1.82) is 0 Å². The Bertz CT molecular complexity index is 2140. The smallest absolute Gasteiger partial charge is 0.300 e. The molecule has 3 aliphatic rings. The molecule has 0 radical (unpaired) electrons. The van der Waals surface area contributed by atoms with Crippen LogP contribution in [0.4, 0.5) is 0 Å². The van der Waals surface area contributed by atoms with Crippen LogP contribution < -0.4 is 43.4 Å². The molecule has 1 aromatic rings. The van der Waals surface area contributed by atoms with Gasteiger partial charge in [0.25, 0.3) is 5.97 Å². The van der Waals surface area contributed by atoms with Gasteiger partial charge in [0.05, 0.1) is 31.0 Å². The molecule has 3 fully saturated rings. The summed E-state index contributed by atoms with van der Waals surface area (Å²) in [7, 11) is 0. The highest BCUT2D eigenvalue weighted by Gasteiger charge is 2.48.